The highest BCUT2D eigenvalue weighted by Gasteiger charge is 2.27. The Bertz CT molecular complexity index is 883. The molecular weight excluding hydrogens is 318 g/mol. The maximum Gasteiger partial charge on any atom is 0.289 e. The topological polar surface area (TPSA) is 69.1 Å². The second-order valence-corrected chi connectivity index (χ2v) is 6.51. The molecule has 0 N–H and O–H groups in total. The van der Waals surface area contributed by atoms with Gasteiger partial charge in [0.2, 0.25) is 0 Å². The molecular formula is C18H21N5O2. The average Bonchev–Trinajstić information content (AvgIpc) is 3.35. The molecule has 7 nitrogen and oxygen atoms in total. The van der Waals surface area contributed by atoms with E-state index in [0.29, 0.717) is 17.4 Å². The molecule has 25 heavy (non-hydrogen) atoms. The van der Waals surface area contributed by atoms with Crippen molar-refractivity contribution in [1.29, 1.82) is 0 Å². The van der Waals surface area contributed by atoms with Crippen LogP contribution in [0.15, 0.2) is 41.2 Å². The van der Waals surface area contributed by atoms with Crippen LogP contribution in [0.3, 0.4) is 0 Å². The largest absolute Gasteiger partial charge is 0.451 e. The van der Waals surface area contributed by atoms with Crippen LogP contribution in [-0.4, -0.2) is 43.5 Å². The van der Waals surface area contributed by atoms with Crippen molar-refractivity contribution in [2.24, 2.45) is 14.1 Å². The molecule has 0 aliphatic carbocycles. The Kier molecular flexibility index (Phi) is 3.91. The minimum absolute atomic E-state index is 0.0430. The summed E-state index contributed by atoms with van der Waals surface area (Å²) in [5.41, 5.74) is 2.11. The highest BCUT2D eigenvalue weighted by molar-refractivity contribution is 5.92. The Labute approximate surface area is 145 Å². The zero-order chi connectivity index (χ0) is 17.4. The normalized spacial score (nSPS) is 15.7. The van der Waals surface area contributed by atoms with Crippen LogP contribution >= 0.6 is 0 Å². The summed E-state index contributed by atoms with van der Waals surface area (Å²) in [4.78, 5) is 14.6. The van der Waals surface area contributed by atoms with Crippen molar-refractivity contribution in [2.45, 2.75) is 18.8 Å². The van der Waals surface area contributed by atoms with Crippen LogP contribution in [0.1, 0.15) is 35.0 Å². The molecule has 0 unspecified atom stereocenters. The van der Waals surface area contributed by atoms with E-state index in [1.165, 1.54) is 5.69 Å². The SMILES string of the molecule is Cn1cc(-c2ccc(C(=O)N3CCC(c4ccnn4C)CC3)o2)cn1. The number of aromatic nitrogens is 4. The predicted octanol–water partition coefficient (Wildman–Crippen LogP) is 2.43. The quantitative estimate of drug-likeness (QED) is 0.735. The van der Waals surface area contributed by atoms with Crippen LogP contribution in [0, 0.1) is 0 Å². The summed E-state index contributed by atoms with van der Waals surface area (Å²) < 4.78 is 9.39. The highest BCUT2D eigenvalue weighted by atomic mass is 16.4. The molecule has 1 aliphatic heterocycles. The molecule has 0 saturated carbocycles. The van der Waals surface area contributed by atoms with Crippen molar-refractivity contribution >= 4 is 5.91 Å². The van der Waals surface area contributed by atoms with Gasteiger partial charge in [0.15, 0.2) is 5.76 Å². The Hall–Kier alpha value is -2.83. The number of piperidine rings is 1. The molecule has 1 fully saturated rings. The molecule has 1 amide bonds. The van der Waals surface area contributed by atoms with Crippen molar-refractivity contribution in [3.8, 4) is 11.3 Å². The lowest BCUT2D eigenvalue weighted by molar-refractivity contribution is 0.0680. The molecule has 1 aliphatic rings. The van der Waals surface area contributed by atoms with Crippen molar-refractivity contribution < 1.29 is 9.21 Å². The first kappa shape index (κ1) is 15.7. The van der Waals surface area contributed by atoms with Crippen LogP contribution in [0.2, 0.25) is 0 Å². The number of likely N-dealkylation sites (tertiary alicyclic amines) is 1. The average molecular weight is 339 g/mol. The molecule has 0 spiro atoms. The molecule has 3 aromatic rings. The van der Waals surface area contributed by atoms with Gasteiger partial charge in [-0.25, -0.2) is 0 Å². The lowest BCUT2D eigenvalue weighted by Crippen LogP contribution is -2.38. The summed E-state index contributed by atoms with van der Waals surface area (Å²) >= 11 is 0. The number of furan rings is 1. The van der Waals surface area contributed by atoms with E-state index in [1.807, 2.05) is 42.1 Å². The van der Waals surface area contributed by atoms with Crippen LogP contribution < -0.4 is 0 Å². The molecule has 7 heteroatoms. The molecule has 0 bridgehead atoms. The third-order valence-electron chi connectivity index (χ3n) is 4.87. The first-order valence-corrected chi connectivity index (χ1v) is 8.48. The summed E-state index contributed by atoms with van der Waals surface area (Å²) in [5.74, 6) is 1.47. The van der Waals surface area contributed by atoms with Gasteiger partial charge in [-0.3, -0.25) is 14.2 Å². The summed E-state index contributed by atoms with van der Waals surface area (Å²) in [6.07, 6.45) is 7.32. The van der Waals surface area contributed by atoms with E-state index in [9.17, 15) is 4.79 Å². The van der Waals surface area contributed by atoms with Gasteiger partial charge < -0.3 is 9.32 Å². The van der Waals surface area contributed by atoms with Crippen molar-refractivity contribution in [1.82, 2.24) is 24.5 Å². The highest BCUT2D eigenvalue weighted by Crippen LogP contribution is 2.29. The Morgan fingerprint density at radius 2 is 1.96 bits per heavy atom. The summed E-state index contributed by atoms with van der Waals surface area (Å²) in [7, 11) is 3.82. The fraction of sp³-hybridized carbons (Fsp3) is 0.389. The van der Waals surface area contributed by atoms with Gasteiger partial charge in [0.1, 0.15) is 5.76 Å². The molecule has 4 rings (SSSR count). The van der Waals surface area contributed by atoms with Crippen LogP contribution in [0.4, 0.5) is 0 Å². The molecule has 0 aromatic carbocycles. The first-order chi connectivity index (χ1) is 12.1. The molecule has 0 radical (unpaired) electrons. The number of hydrogen-bond acceptors (Lipinski definition) is 4. The van der Waals surface area contributed by atoms with E-state index in [1.54, 1.807) is 16.9 Å². The molecule has 130 valence electrons. The maximum atomic E-state index is 12.7. The van der Waals surface area contributed by atoms with E-state index in [4.69, 9.17) is 4.42 Å². The molecule has 4 heterocycles. The van der Waals surface area contributed by atoms with E-state index < -0.39 is 0 Å². The van der Waals surface area contributed by atoms with E-state index >= 15 is 0 Å². The van der Waals surface area contributed by atoms with Gasteiger partial charge >= 0.3 is 0 Å². The lowest BCUT2D eigenvalue weighted by atomic mass is 9.93. The number of carbonyl (C=O) groups excluding carboxylic acids is 1. The smallest absolute Gasteiger partial charge is 0.289 e. The number of hydrogen-bond donors (Lipinski definition) is 0. The van der Waals surface area contributed by atoms with E-state index in [2.05, 4.69) is 16.3 Å². The minimum atomic E-state index is -0.0430. The van der Waals surface area contributed by atoms with Gasteiger partial charge in [0.25, 0.3) is 5.91 Å². The maximum absolute atomic E-state index is 12.7. The van der Waals surface area contributed by atoms with Gasteiger partial charge in [0, 0.05) is 51.2 Å². The van der Waals surface area contributed by atoms with Crippen LogP contribution in [0.25, 0.3) is 11.3 Å². The van der Waals surface area contributed by atoms with E-state index in [0.717, 1.165) is 31.5 Å². The third kappa shape index (κ3) is 2.97. The van der Waals surface area contributed by atoms with Crippen molar-refractivity contribution in [2.75, 3.05) is 13.1 Å². The van der Waals surface area contributed by atoms with Crippen molar-refractivity contribution in [3.05, 3.63) is 48.2 Å². The second-order valence-electron chi connectivity index (χ2n) is 6.51. The van der Waals surface area contributed by atoms with Crippen LogP contribution in [0.5, 0.6) is 0 Å². The van der Waals surface area contributed by atoms with Gasteiger partial charge in [-0.2, -0.15) is 10.2 Å². The second kappa shape index (κ2) is 6.23. The number of carbonyl (C=O) groups is 1. The molecule has 1 saturated heterocycles. The first-order valence-electron chi connectivity index (χ1n) is 8.48. The Morgan fingerprint density at radius 3 is 2.60 bits per heavy atom. The minimum Gasteiger partial charge on any atom is -0.451 e. The van der Waals surface area contributed by atoms with E-state index in [-0.39, 0.29) is 5.91 Å². The molecule has 3 aromatic heterocycles. The number of amides is 1. The summed E-state index contributed by atoms with van der Waals surface area (Å²) in [6, 6.07) is 5.64. The van der Waals surface area contributed by atoms with Crippen LogP contribution in [-0.2, 0) is 14.1 Å². The fourth-order valence-electron chi connectivity index (χ4n) is 3.48. The third-order valence-corrected chi connectivity index (χ3v) is 4.87. The zero-order valence-electron chi connectivity index (χ0n) is 14.4. The summed E-state index contributed by atoms with van der Waals surface area (Å²) in [5, 5.41) is 8.37. The lowest BCUT2D eigenvalue weighted by Gasteiger charge is -2.31. The monoisotopic (exact) mass is 339 g/mol. The number of rotatable bonds is 3. The fourth-order valence-corrected chi connectivity index (χ4v) is 3.48. The van der Waals surface area contributed by atoms with Crippen molar-refractivity contribution in [3.63, 3.8) is 0 Å². The van der Waals surface area contributed by atoms with Gasteiger partial charge in [-0.1, -0.05) is 0 Å². The molecule has 0 atom stereocenters. The Morgan fingerprint density at radius 1 is 1.16 bits per heavy atom. The van der Waals surface area contributed by atoms with Gasteiger partial charge in [-0.05, 0) is 31.0 Å². The van der Waals surface area contributed by atoms with Gasteiger partial charge in [0.05, 0.1) is 11.8 Å². The Balaban J connectivity index is 1.42. The number of nitrogens with zero attached hydrogens (tertiary/aromatic N) is 5. The van der Waals surface area contributed by atoms with Gasteiger partial charge in [-0.15, -0.1) is 0 Å². The number of aryl methyl sites for hydroxylation is 2. The summed E-state index contributed by atoms with van der Waals surface area (Å²) in [6.45, 7) is 1.47. The zero-order valence-corrected chi connectivity index (χ0v) is 14.4. The standard InChI is InChI=1S/C18H21N5O2/c1-21-12-14(11-20-21)16-3-4-17(25-16)18(24)23-9-6-13(7-10-23)15-5-8-19-22(15)2/h3-5,8,11-13H,6-7,9-10H2,1-2H3. The predicted molar refractivity (Wildman–Crippen MR) is 92.0 cm³/mol.